The van der Waals surface area contributed by atoms with E-state index >= 15 is 0 Å². The predicted molar refractivity (Wildman–Crippen MR) is 126 cm³/mol. The molecule has 0 atom stereocenters. The molecule has 4 nitrogen and oxygen atoms in total. The number of rotatable bonds is 12. The molecule has 2 aromatic carbocycles. The van der Waals surface area contributed by atoms with Gasteiger partial charge >= 0.3 is 0 Å². The molecule has 3 N–H and O–H groups in total. The molecular formula is C26H33N3O. The summed E-state index contributed by atoms with van der Waals surface area (Å²) in [7, 11) is 0. The van der Waals surface area contributed by atoms with E-state index in [1.54, 1.807) is 0 Å². The van der Waals surface area contributed by atoms with Gasteiger partial charge in [0.15, 0.2) is 0 Å². The van der Waals surface area contributed by atoms with Crippen molar-refractivity contribution in [3.8, 4) is 0 Å². The van der Waals surface area contributed by atoms with Crippen LogP contribution in [0.15, 0.2) is 66.9 Å². The fourth-order valence-electron chi connectivity index (χ4n) is 3.75. The number of nitrogens with two attached hydrogens (primary N) is 1. The molecular weight excluding hydrogens is 370 g/mol. The van der Waals surface area contributed by atoms with Gasteiger partial charge in [-0.3, -0.25) is 4.79 Å². The molecule has 30 heavy (non-hydrogen) atoms. The summed E-state index contributed by atoms with van der Waals surface area (Å²) in [6.45, 7) is 2.17. The number of amides is 1. The lowest BCUT2D eigenvalue weighted by Crippen LogP contribution is -2.32. The van der Waals surface area contributed by atoms with Gasteiger partial charge in [-0.1, -0.05) is 67.1 Å². The average molecular weight is 404 g/mol. The Bertz CT molecular complexity index is 930. The van der Waals surface area contributed by atoms with Crippen LogP contribution in [-0.2, 0) is 11.2 Å². The third-order valence-electron chi connectivity index (χ3n) is 5.43. The van der Waals surface area contributed by atoms with Crippen molar-refractivity contribution >= 4 is 22.9 Å². The Morgan fingerprint density at radius 1 is 0.967 bits per heavy atom. The highest BCUT2D eigenvalue weighted by Gasteiger charge is 2.12. The molecule has 0 unspecified atom stereocenters. The fraction of sp³-hybridized carbons (Fsp3) is 0.346. The van der Waals surface area contributed by atoms with Crippen LogP contribution in [0.3, 0.4) is 0 Å². The second kappa shape index (κ2) is 12.0. The number of hydrogen-bond donors (Lipinski definition) is 2. The Balaban J connectivity index is 1.52. The number of benzene rings is 2. The average Bonchev–Trinajstić information content (AvgIpc) is 3.19. The number of fused-ring (bicyclic) bond motifs is 1. The van der Waals surface area contributed by atoms with E-state index in [1.165, 1.54) is 10.9 Å². The van der Waals surface area contributed by atoms with Gasteiger partial charge < -0.3 is 15.6 Å². The summed E-state index contributed by atoms with van der Waals surface area (Å²) in [5, 5.41) is 1.26. The second-order valence-electron chi connectivity index (χ2n) is 7.72. The number of aryl methyl sites for hydroxylation is 1. The fourth-order valence-corrected chi connectivity index (χ4v) is 3.75. The molecule has 158 valence electrons. The smallest absolute Gasteiger partial charge is 0.222 e. The van der Waals surface area contributed by atoms with Crippen LogP contribution in [0.5, 0.6) is 0 Å². The Morgan fingerprint density at radius 2 is 1.77 bits per heavy atom. The first-order valence-corrected chi connectivity index (χ1v) is 11.0. The standard InChI is InChI=1S/C26H33N3O/c27-18-7-2-8-19-29(20-10-13-22-11-3-1-4-12-22)26(30)17-9-14-23-21-28-25-16-6-5-15-24(23)25/h1,3-6,10-13,15-16,21,28H,2,7-9,14,17-20,27H2/b13-10-. The first kappa shape index (κ1) is 21.8. The molecule has 0 aliphatic rings. The SMILES string of the molecule is NCCCCCN(C/C=C\c1ccccc1)C(=O)CCCc1c[nH]c2ccccc12. The molecule has 0 saturated carbocycles. The van der Waals surface area contributed by atoms with Gasteiger partial charge in [-0.25, -0.2) is 0 Å². The molecule has 1 amide bonds. The van der Waals surface area contributed by atoms with Crippen molar-refractivity contribution in [1.82, 2.24) is 9.88 Å². The first-order chi connectivity index (χ1) is 14.8. The van der Waals surface area contributed by atoms with Gasteiger partial charge in [-0.2, -0.15) is 0 Å². The van der Waals surface area contributed by atoms with Crippen molar-refractivity contribution in [3.05, 3.63) is 78.0 Å². The van der Waals surface area contributed by atoms with Crippen LogP contribution in [0.1, 0.15) is 43.2 Å². The Kier molecular flexibility index (Phi) is 8.73. The quantitative estimate of drug-likeness (QED) is 0.410. The third kappa shape index (κ3) is 6.60. The van der Waals surface area contributed by atoms with Crippen LogP contribution >= 0.6 is 0 Å². The second-order valence-corrected chi connectivity index (χ2v) is 7.72. The molecule has 4 heteroatoms. The molecule has 0 saturated heterocycles. The van der Waals surface area contributed by atoms with Crippen molar-refractivity contribution in [3.63, 3.8) is 0 Å². The van der Waals surface area contributed by atoms with Gasteiger partial charge in [-0.05, 0) is 49.4 Å². The van der Waals surface area contributed by atoms with Crippen LogP contribution in [0.25, 0.3) is 17.0 Å². The van der Waals surface area contributed by atoms with Crippen LogP contribution < -0.4 is 5.73 Å². The normalized spacial score (nSPS) is 11.4. The van der Waals surface area contributed by atoms with E-state index in [0.717, 1.165) is 49.7 Å². The highest BCUT2D eigenvalue weighted by molar-refractivity contribution is 5.83. The minimum Gasteiger partial charge on any atom is -0.361 e. The largest absolute Gasteiger partial charge is 0.361 e. The van der Waals surface area contributed by atoms with Gasteiger partial charge in [0, 0.05) is 36.6 Å². The van der Waals surface area contributed by atoms with Crippen molar-refractivity contribution in [2.75, 3.05) is 19.6 Å². The number of nitrogens with one attached hydrogen (secondary N) is 1. The van der Waals surface area contributed by atoms with Crippen molar-refractivity contribution in [2.24, 2.45) is 5.73 Å². The lowest BCUT2D eigenvalue weighted by atomic mass is 10.1. The topological polar surface area (TPSA) is 62.1 Å². The maximum atomic E-state index is 12.9. The minimum absolute atomic E-state index is 0.236. The maximum Gasteiger partial charge on any atom is 0.222 e. The Morgan fingerprint density at radius 3 is 2.60 bits per heavy atom. The number of hydrogen-bond acceptors (Lipinski definition) is 2. The highest BCUT2D eigenvalue weighted by Crippen LogP contribution is 2.19. The summed E-state index contributed by atoms with van der Waals surface area (Å²) in [5.74, 6) is 0.236. The van der Waals surface area contributed by atoms with Gasteiger partial charge in [0.05, 0.1) is 0 Å². The highest BCUT2D eigenvalue weighted by atomic mass is 16.2. The van der Waals surface area contributed by atoms with Gasteiger partial charge in [-0.15, -0.1) is 0 Å². The van der Waals surface area contributed by atoms with Crippen LogP contribution in [0, 0.1) is 0 Å². The zero-order valence-corrected chi connectivity index (χ0v) is 17.7. The van der Waals surface area contributed by atoms with E-state index in [0.29, 0.717) is 19.5 Å². The lowest BCUT2D eigenvalue weighted by Gasteiger charge is -2.21. The number of H-pyrrole nitrogens is 1. The molecule has 0 radical (unpaired) electrons. The first-order valence-electron chi connectivity index (χ1n) is 11.0. The van der Waals surface area contributed by atoms with Crippen molar-refractivity contribution < 1.29 is 4.79 Å². The molecule has 0 bridgehead atoms. The summed E-state index contributed by atoms with van der Waals surface area (Å²) >= 11 is 0. The molecule has 0 spiro atoms. The molecule has 0 aliphatic carbocycles. The molecule has 0 fully saturated rings. The molecule has 3 rings (SSSR count). The predicted octanol–water partition coefficient (Wildman–Crippen LogP) is 5.16. The summed E-state index contributed by atoms with van der Waals surface area (Å²) in [6, 6.07) is 18.5. The number of aromatic nitrogens is 1. The molecule has 0 aliphatic heterocycles. The van der Waals surface area contributed by atoms with Crippen molar-refractivity contribution in [1.29, 1.82) is 0 Å². The van der Waals surface area contributed by atoms with Gasteiger partial charge in [0.2, 0.25) is 5.91 Å². The number of carbonyl (C=O) groups is 1. The van der Waals surface area contributed by atoms with Crippen LogP contribution in [-0.4, -0.2) is 35.4 Å². The van der Waals surface area contributed by atoms with Gasteiger partial charge in [0.25, 0.3) is 0 Å². The maximum absolute atomic E-state index is 12.9. The third-order valence-corrected chi connectivity index (χ3v) is 5.43. The zero-order valence-electron chi connectivity index (χ0n) is 17.7. The summed E-state index contributed by atoms with van der Waals surface area (Å²) in [4.78, 5) is 18.2. The number of carbonyl (C=O) groups excluding carboxylic acids is 1. The lowest BCUT2D eigenvalue weighted by molar-refractivity contribution is -0.130. The van der Waals surface area contributed by atoms with Gasteiger partial charge in [0.1, 0.15) is 0 Å². The van der Waals surface area contributed by atoms with E-state index < -0.39 is 0 Å². The summed E-state index contributed by atoms with van der Waals surface area (Å²) < 4.78 is 0. The Labute approximate surface area is 179 Å². The summed E-state index contributed by atoms with van der Waals surface area (Å²) in [5.41, 5.74) is 9.21. The molecule has 1 aromatic heterocycles. The van der Waals surface area contributed by atoms with E-state index in [-0.39, 0.29) is 5.91 Å². The summed E-state index contributed by atoms with van der Waals surface area (Å²) in [6.07, 6.45) is 11.7. The molecule has 3 aromatic rings. The minimum atomic E-state index is 0.236. The number of aromatic amines is 1. The monoisotopic (exact) mass is 403 g/mol. The van der Waals surface area contributed by atoms with Crippen molar-refractivity contribution in [2.45, 2.75) is 38.5 Å². The number of unbranched alkanes of at least 4 members (excludes halogenated alkanes) is 2. The van der Waals surface area contributed by atoms with Crippen LogP contribution in [0.4, 0.5) is 0 Å². The van der Waals surface area contributed by atoms with E-state index in [4.69, 9.17) is 5.73 Å². The van der Waals surface area contributed by atoms with Crippen LogP contribution in [0.2, 0.25) is 0 Å². The van der Waals surface area contributed by atoms with E-state index in [2.05, 4.69) is 53.7 Å². The zero-order chi connectivity index (χ0) is 21.0. The number of nitrogens with zero attached hydrogens (tertiary/aromatic N) is 1. The Hall–Kier alpha value is -2.85. The van der Waals surface area contributed by atoms with E-state index in [1.807, 2.05) is 29.2 Å². The number of para-hydroxylation sites is 1. The molecule has 1 heterocycles. The van der Waals surface area contributed by atoms with E-state index in [9.17, 15) is 4.79 Å².